The zero-order valence-electron chi connectivity index (χ0n) is 16.7. The van der Waals surface area contributed by atoms with Crippen LogP contribution in [-0.2, 0) is 18.9 Å². The Kier molecular flexibility index (Phi) is 5.81. The van der Waals surface area contributed by atoms with Gasteiger partial charge in [-0.2, -0.15) is 31.4 Å². The number of aromatic nitrogens is 5. The summed E-state index contributed by atoms with van der Waals surface area (Å²) in [4.78, 5) is 20.3. The number of rotatable bonds is 5. The SMILES string of the molecule is O=C(Nc1cnn(Cc2ccc(C(F)(F)F)cc2C(F)(F)F)c1)c1cc(-c2ncccn2)on1. The number of amides is 1. The van der Waals surface area contributed by atoms with E-state index in [4.69, 9.17) is 4.52 Å². The first kappa shape index (κ1) is 22.9. The van der Waals surface area contributed by atoms with Crippen molar-refractivity contribution in [2.75, 3.05) is 5.32 Å². The Morgan fingerprint density at radius 2 is 1.76 bits per heavy atom. The summed E-state index contributed by atoms with van der Waals surface area (Å²) in [6.45, 7) is -0.484. The van der Waals surface area contributed by atoms with Gasteiger partial charge in [-0.1, -0.05) is 11.2 Å². The van der Waals surface area contributed by atoms with E-state index in [-0.39, 0.29) is 29.0 Å². The Hall–Kier alpha value is -4.23. The Bertz CT molecular complexity index is 1310. The van der Waals surface area contributed by atoms with Crippen molar-refractivity contribution in [2.45, 2.75) is 18.9 Å². The van der Waals surface area contributed by atoms with Gasteiger partial charge in [0.25, 0.3) is 5.91 Å². The highest BCUT2D eigenvalue weighted by Crippen LogP contribution is 2.37. The van der Waals surface area contributed by atoms with Crippen LogP contribution in [0.1, 0.15) is 27.2 Å². The van der Waals surface area contributed by atoms with Crippen molar-refractivity contribution >= 4 is 11.6 Å². The molecule has 8 nitrogen and oxygen atoms in total. The van der Waals surface area contributed by atoms with Gasteiger partial charge >= 0.3 is 12.4 Å². The number of carbonyl (C=O) groups is 1. The van der Waals surface area contributed by atoms with E-state index in [2.05, 4.69) is 25.5 Å². The van der Waals surface area contributed by atoms with Crippen molar-refractivity contribution in [1.29, 1.82) is 0 Å². The van der Waals surface area contributed by atoms with E-state index < -0.39 is 41.5 Å². The summed E-state index contributed by atoms with van der Waals surface area (Å²) in [5.74, 6) is -0.349. The lowest BCUT2D eigenvalue weighted by Gasteiger charge is -2.16. The van der Waals surface area contributed by atoms with Crippen LogP contribution in [0.25, 0.3) is 11.6 Å². The zero-order valence-corrected chi connectivity index (χ0v) is 16.7. The molecular weight excluding hydrogens is 470 g/mol. The predicted octanol–water partition coefficient (Wildman–Crippen LogP) is 4.67. The molecule has 34 heavy (non-hydrogen) atoms. The van der Waals surface area contributed by atoms with E-state index in [1.807, 2.05) is 0 Å². The number of alkyl halides is 6. The molecule has 14 heteroatoms. The summed E-state index contributed by atoms with van der Waals surface area (Å²) in [7, 11) is 0. The topological polar surface area (TPSA) is 98.7 Å². The standard InChI is InChI=1S/C20H12F6N6O2/c21-19(22,23)12-3-2-11(14(6-12)20(24,25)26)9-32-10-13(8-29-32)30-18(33)15-7-16(34-31-15)17-27-4-1-5-28-17/h1-8,10H,9H2,(H,30,33). The van der Waals surface area contributed by atoms with Gasteiger partial charge in [-0.3, -0.25) is 9.48 Å². The number of hydrogen-bond donors (Lipinski definition) is 1. The van der Waals surface area contributed by atoms with Crippen LogP contribution in [0.3, 0.4) is 0 Å². The normalized spacial score (nSPS) is 12.1. The third kappa shape index (κ3) is 5.05. The zero-order chi connectivity index (χ0) is 24.5. The molecule has 0 saturated carbocycles. The van der Waals surface area contributed by atoms with E-state index in [9.17, 15) is 31.1 Å². The lowest BCUT2D eigenvalue weighted by Crippen LogP contribution is -2.15. The molecule has 0 aliphatic carbocycles. The second-order valence-corrected chi connectivity index (χ2v) is 6.90. The fraction of sp³-hybridized carbons (Fsp3) is 0.150. The molecule has 4 rings (SSSR count). The van der Waals surface area contributed by atoms with Crippen molar-refractivity contribution < 1.29 is 35.7 Å². The van der Waals surface area contributed by atoms with Gasteiger partial charge < -0.3 is 9.84 Å². The van der Waals surface area contributed by atoms with Crippen molar-refractivity contribution in [3.8, 4) is 11.6 Å². The number of nitrogens with zero attached hydrogens (tertiary/aromatic N) is 5. The molecule has 0 atom stereocenters. The first-order chi connectivity index (χ1) is 16.0. The largest absolute Gasteiger partial charge is 0.416 e. The Balaban J connectivity index is 1.49. The van der Waals surface area contributed by atoms with Gasteiger partial charge in [0.05, 0.1) is 29.6 Å². The molecule has 0 spiro atoms. The highest BCUT2D eigenvalue weighted by atomic mass is 19.4. The van der Waals surface area contributed by atoms with Gasteiger partial charge in [0.2, 0.25) is 5.76 Å². The van der Waals surface area contributed by atoms with E-state index in [1.165, 1.54) is 24.7 Å². The van der Waals surface area contributed by atoms with Gasteiger partial charge in [0, 0.05) is 24.7 Å². The highest BCUT2D eigenvalue weighted by molar-refractivity contribution is 6.03. The summed E-state index contributed by atoms with van der Waals surface area (Å²) < 4.78 is 84.6. The van der Waals surface area contributed by atoms with Crippen LogP contribution in [0.15, 0.2) is 59.6 Å². The van der Waals surface area contributed by atoms with E-state index in [0.29, 0.717) is 6.07 Å². The molecule has 3 aromatic heterocycles. The lowest BCUT2D eigenvalue weighted by atomic mass is 10.0. The van der Waals surface area contributed by atoms with Gasteiger partial charge in [0.1, 0.15) is 0 Å². The maximum Gasteiger partial charge on any atom is 0.416 e. The molecule has 1 N–H and O–H groups in total. The molecule has 176 valence electrons. The Labute approximate surface area is 186 Å². The van der Waals surface area contributed by atoms with Crippen LogP contribution < -0.4 is 5.32 Å². The smallest absolute Gasteiger partial charge is 0.352 e. The third-order valence-electron chi connectivity index (χ3n) is 4.50. The molecular formula is C20H12F6N6O2. The number of halogens is 6. The third-order valence-corrected chi connectivity index (χ3v) is 4.50. The fourth-order valence-electron chi connectivity index (χ4n) is 2.95. The number of hydrogen-bond acceptors (Lipinski definition) is 6. The lowest BCUT2D eigenvalue weighted by molar-refractivity contribution is -0.143. The number of nitrogens with one attached hydrogen (secondary N) is 1. The maximum absolute atomic E-state index is 13.3. The molecule has 1 aromatic carbocycles. The summed E-state index contributed by atoms with van der Waals surface area (Å²) in [6.07, 6.45) is -4.60. The molecule has 0 fully saturated rings. The summed E-state index contributed by atoms with van der Waals surface area (Å²) in [6, 6.07) is 4.25. The number of carbonyl (C=O) groups excluding carboxylic acids is 1. The predicted molar refractivity (Wildman–Crippen MR) is 103 cm³/mol. The van der Waals surface area contributed by atoms with Crippen molar-refractivity contribution in [3.63, 3.8) is 0 Å². The minimum Gasteiger partial charge on any atom is -0.352 e. The van der Waals surface area contributed by atoms with E-state index >= 15 is 0 Å². The van der Waals surface area contributed by atoms with E-state index in [1.54, 1.807) is 6.07 Å². The minimum atomic E-state index is -5.01. The van der Waals surface area contributed by atoms with Gasteiger partial charge in [-0.15, -0.1) is 0 Å². The Morgan fingerprint density at radius 3 is 2.44 bits per heavy atom. The van der Waals surface area contributed by atoms with Gasteiger partial charge in [-0.05, 0) is 23.8 Å². The van der Waals surface area contributed by atoms with Crippen molar-refractivity contribution in [3.05, 3.63) is 77.5 Å². The molecule has 0 aliphatic rings. The first-order valence-corrected chi connectivity index (χ1v) is 9.36. The molecule has 0 unspecified atom stereocenters. The quantitative estimate of drug-likeness (QED) is 0.416. The molecule has 0 aliphatic heterocycles. The van der Waals surface area contributed by atoms with Crippen LogP contribution in [0.5, 0.6) is 0 Å². The van der Waals surface area contributed by atoms with Crippen molar-refractivity contribution in [1.82, 2.24) is 24.9 Å². The Morgan fingerprint density at radius 1 is 1.03 bits per heavy atom. The van der Waals surface area contributed by atoms with Crippen LogP contribution in [0.4, 0.5) is 32.0 Å². The average molecular weight is 482 g/mol. The summed E-state index contributed by atoms with van der Waals surface area (Å²) in [5.41, 5.74) is -3.26. The minimum absolute atomic E-state index is 0.0557. The monoisotopic (exact) mass is 482 g/mol. The van der Waals surface area contributed by atoms with Crippen LogP contribution >= 0.6 is 0 Å². The average Bonchev–Trinajstić information content (AvgIpc) is 3.43. The maximum atomic E-state index is 13.3. The molecule has 1 amide bonds. The molecule has 4 aromatic rings. The van der Waals surface area contributed by atoms with Crippen LogP contribution in [0.2, 0.25) is 0 Å². The molecule has 0 radical (unpaired) electrons. The second kappa shape index (κ2) is 8.61. The van der Waals surface area contributed by atoms with Gasteiger partial charge in [-0.25, -0.2) is 9.97 Å². The summed E-state index contributed by atoms with van der Waals surface area (Å²) in [5, 5.41) is 9.92. The molecule has 0 saturated heterocycles. The summed E-state index contributed by atoms with van der Waals surface area (Å²) >= 11 is 0. The molecule has 3 heterocycles. The van der Waals surface area contributed by atoms with Gasteiger partial charge in [0.15, 0.2) is 11.5 Å². The fourth-order valence-corrected chi connectivity index (χ4v) is 2.95. The number of anilines is 1. The number of benzene rings is 1. The molecule has 0 bridgehead atoms. The van der Waals surface area contributed by atoms with E-state index in [0.717, 1.165) is 16.9 Å². The van der Waals surface area contributed by atoms with Crippen LogP contribution in [0, 0.1) is 0 Å². The van der Waals surface area contributed by atoms with Crippen LogP contribution in [-0.4, -0.2) is 30.8 Å². The first-order valence-electron chi connectivity index (χ1n) is 9.36. The highest BCUT2D eigenvalue weighted by Gasteiger charge is 2.38. The second-order valence-electron chi connectivity index (χ2n) is 6.90. The van der Waals surface area contributed by atoms with Crippen molar-refractivity contribution in [2.24, 2.45) is 0 Å².